The summed E-state index contributed by atoms with van der Waals surface area (Å²) in [6.07, 6.45) is 37.7. The predicted molar refractivity (Wildman–Crippen MR) is 185 cm³/mol. The van der Waals surface area contributed by atoms with E-state index >= 15 is 0 Å². The van der Waals surface area contributed by atoms with E-state index in [1.807, 2.05) is 0 Å². The molecule has 0 heterocycles. The van der Waals surface area contributed by atoms with Crippen LogP contribution in [0.4, 0.5) is 0 Å². The third-order valence-electron chi connectivity index (χ3n) is 8.13. The Labute approximate surface area is 318 Å². The van der Waals surface area contributed by atoms with E-state index in [4.69, 9.17) is 23.2 Å². The summed E-state index contributed by atoms with van der Waals surface area (Å²) in [5.74, 6) is -2.27. The first-order valence-electron chi connectivity index (χ1n) is 18.1. The molecule has 0 aliphatic heterocycles. The smallest absolute Gasteiger partial charge is 0.549 e. The molecule has 0 fully saturated rings. The number of carboxylic acids is 2. The van der Waals surface area contributed by atoms with Crippen molar-refractivity contribution in [1.29, 1.82) is 0 Å². The topological polar surface area (TPSA) is 80.3 Å². The normalized spacial score (nSPS) is 12.2. The SMILES string of the molecule is CCCCCCCCCCCCCCCCC(Cl)C(=O)[O-].CCCCCCCCCCCCCCCCC(Cl)C(=O)[O-].[Ba+2]. The Hall–Kier alpha value is 1.09. The van der Waals surface area contributed by atoms with Gasteiger partial charge in [0.25, 0.3) is 0 Å². The summed E-state index contributed by atoms with van der Waals surface area (Å²) in [6.45, 7) is 4.52. The van der Waals surface area contributed by atoms with Gasteiger partial charge in [0.05, 0.1) is 22.7 Å². The number of alkyl halides is 2. The second-order valence-corrected chi connectivity index (χ2v) is 13.4. The van der Waals surface area contributed by atoms with Gasteiger partial charge in [-0.1, -0.05) is 194 Å². The van der Waals surface area contributed by atoms with Crippen molar-refractivity contribution in [2.75, 3.05) is 0 Å². The zero-order chi connectivity index (χ0) is 31.5. The fraction of sp³-hybridized carbons (Fsp3) is 0.944. The summed E-state index contributed by atoms with van der Waals surface area (Å²) >= 11 is 11.2. The zero-order valence-electron chi connectivity index (χ0n) is 28.5. The summed E-state index contributed by atoms with van der Waals surface area (Å²) in [5.41, 5.74) is 0. The first kappa shape index (κ1) is 48.5. The average Bonchev–Trinajstić information content (AvgIpc) is 2.97. The molecule has 0 amide bonds. The first-order valence-corrected chi connectivity index (χ1v) is 18.9. The number of aliphatic carboxylic acids is 2. The molecule has 43 heavy (non-hydrogen) atoms. The fourth-order valence-electron chi connectivity index (χ4n) is 5.27. The predicted octanol–water partition coefficient (Wildman–Crippen LogP) is 10.0. The van der Waals surface area contributed by atoms with Crippen LogP contribution in [-0.2, 0) is 9.59 Å². The standard InChI is InChI=1S/2C18H35ClO2.Ba/c2*1-2-3-4-5-6-7-8-9-10-11-12-13-14-15-16-17(19)18(20)21;/h2*17H,2-16H2,1H3,(H,20,21);/q;;+2/p-2. The van der Waals surface area contributed by atoms with Gasteiger partial charge in [0.1, 0.15) is 0 Å². The van der Waals surface area contributed by atoms with Gasteiger partial charge < -0.3 is 19.8 Å². The van der Waals surface area contributed by atoms with Gasteiger partial charge in [0, 0.05) is 0 Å². The summed E-state index contributed by atoms with van der Waals surface area (Å²) in [5, 5.41) is 19.2. The van der Waals surface area contributed by atoms with Crippen LogP contribution in [0.2, 0.25) is 0 Å². The van der Waals surface area contributed by atoms with Crippen LogP contribution in [-0.4, -0.2) is 71.6 Å². The molecule has 0 rings (SSSR count). The van der Waals surface area contributed by atoms with Crippen LogP contribution < -0.4 is 10.2 Å². The van der Waals surface area contributed by atoms with Gasteiger partial charge in [-0.15, -0.1) is 23.2 Å². The van der Waals surface area contributed by atoms with Crippen LogP contribution in [0.1, 0.15) is 206 Å². The van der Waals surface area contributed by atoms with Crippen molar-refractivity contribution in [3.8, 4) is 0 Å². The number of hydrogen-bond donors (Lipinski definition) is 0. The second kappa shape index (κ2) is 41.1. The molecule has 252 valence electrons. The minimum atomic E-state index is -1.13. The largest absolute Gasteiger partial charge is 2.00 e. The van der Waals surface area contributed by atoms with Gasteiger partial charge >= 0.3 is 48.9 Å². The number of carboxylic acid groups (broad SMARTS) is 2. The van der Waals surface area contributed by atoms with Crippen molar-refractivity contribution in [3.05, 3.63) is 0 Å². The Bertz CT molecular complexity index is 517. The fourth-order valence-corrected chi connectivity index (χ4v) is 5.58. The third kappa shape index (κ3) is 43.1. The minimum Gasteiger partial charge on any atom is -0.549 e. The van der Waals surface area contributed by atoms with Crippen molar-refractivity contribution < 1.29 is 19.8 Å². The Kier molecular flexibility index (Phi) is 46.4. The number of carbonyl (C=O) groups excluding carboxylic acids is 2. The molecule has 2 unspecified atom stereocenters. The second-order valence-electron chi connectivity index (χ2n) is 12.3. The molecule has 4 nitrogen and oxygen atoms in total. The third-order valence-corrected chi connectivity index (χ3v) is 8.93. The monoisotopic (exact) mass is 772 g/mol. The van der Waals surface area contributed by atoms with Gasteiger partial charge in [-0.2, -0.15) is 0 Å². The van der Waals surface area contributed by atoms with E-state index in [1.165, 1.54) is 154 Å². The summed E-state index contributed by atoms with van der Waals surface area (Å²) in [6, 6.07) is 0. The van der Waals surface area contributed by atoms with Crippen LogP contribution >= 0.6 is 23.2 Å². The number of unbranched alkanes of at least 4 members (excludes halogenated alkanes) is 26. The number of hydrogen-bond acceptors (Lipinski definition) is 4. The van der Waals surface area contributed by atoms with E-state index in [-0.39, 0.29) is 48.9 Å². The molecule has 0 saturated carbocycles. The van der Waals surface area contributed by atoms with Gasteiger partial charge in [-0.3, -0.25) is 0 Å². The maximum absolute atomic E-state index is 10.4. The van der Waals surface area contributed by atoms with Crippen LogP contribution in [0.3, 0.4) is 0 Å². The van der Waals surface area contributed by atoms with Crippen molar-refractivity contribution >= 4 is 84.0 Å². The Morgan fingerprint density at radius 3 is 0.721 bits per heavy atom. The van der Waals surface area contributed by atoms with E-state index < -0.39 is 22.7 Å². The van der Waals surface area contributed by atoms with Crippen molar-refractivity contribution in [2.24, 2.45) is 0 Å². The maximum Gasteiger partial charge on any atom is 2.00 e. The molecule has 2 atom stereocenters. The Morgan fingerprint density at radius 2 is 0.558 bits per heavy atom. The summed E-state index contributed by atoms with van der Waals surface area (Å²) < 4.78 is 0. The molecule has 7 heteroatoms. The van der Waals surface area contributed by atoms with E-state index in [0.717, 1.165) is 25.7 Å². The Morgan fingerprint density at radius 1 is 0.395 bits per heavy atom. The molecule has 0 aromatic heterocycles. The summed E-state index contributed by atoms with van der Waals surface area (Å²) in [4.78, 5) is 20.8. The molecule has 0 aliphatic rings. The van der Waals surface area contributed by atoms with Crippen LogP contribution in [0.25, 0.3) is 0 Å². The molecule has 0 spiro atoms. The molecule has 0 bridgehead atoms. The molecule has 0 aliphatic carbocycles. The quantitative estimate of drug-likeness (QED) is 0.0388. The van der Waals surface area contributed by atoms with Crippen molar-refractivity contribution in [2.45, 2.75) is 217 Å². The average molecular weight is 773 g/mol. The molecular weight excluding hydrogens is 705 g/mol. The van der Waals surface area contributed by atoms with Crippen molar-refractivity contribution in [1.82, 2.24) is 0 Å². The number of carbonyl (C=O) groups is 2. The first-order chi connectivity index (χ1) is 20.4. The van der Waals surface area contributed by atoms with E-state index in [2.05, 4.69) is 13.8 Å². The molecule has 0 N–H and O–H groups in total. The van der Waals surface area contributed by atoms with Gasteiger partial charge in [0.2, 0.25) is 0 Å². The molecule has 0 radical (unpaired) electrons. The van der Waals surface area contributed by atoms with Gasteiger partial charge in [-0.25, -0.2) is 0 Å². The number of halogens is 2. The van der Waals surface area contributed by atoms with Gasteiger partial charge in [0.15, 0.2) is 0 Å². The summed E-state index contributed by atoms with van der Waals surface area (Å²) in [7, 11) is 0. The molecule has 0 aromatic carbocycles. The van der Waals surface area contributed by atoms with Crippen LogP contribution in [0.15, 0.2) is 0 Å². The van der Waals surface area contributed by atoms with Gasteiger partial charge in [-0.05, 0) is 12.8 Å². The molecule has 0 saturated heterocycles. The van der Waals surface area contributed by atoms with E-state index in [1.54, 1.807) is 0 Å². The van der Waals surface area contributed by atoms with E-state index in [9.17, 15) is 19.8 Å². The van der Waals surface area contributed by atoms with Crippen molar-refractivity contribution in [3.63, 3.8) is 0 Å². The Balaban J connectivity index is -0.000000727. The maximum atomic E-state index is 10.4. The van der Waals surface area contributed by atoms with E-state index in [0.29, 0.717) is 12.8 Å². The minimum absolute atomic E-state index is 0. The number of rotatable bonds is 32. The molecule has 0 aromatic rings. The van der Waals surface area contributed by atoms with Crippen LogP contribution in [0.5, 0.6) is 0 Å². The zero-order valence-corrected chi connectivity index (χ0v) is 34.4. The molecular formula is C36H68BaCl2O4. The van der Waals surface area contributed by atoms with Crippen LogP contribution in [0, 0.1) is 0 Å².